The van der Waals surface area contributed by atoms with Gasteiger partial charge in [0.15, 0.2) is 0 Å². The van der Waals surface area contributed by atoms with Gasteiger partial charge < -0.3 is 10.4 Å². The molecular formula is C22H29NO3. The van der Waals surface area contributed by atoms with Crippen molar-refractivity contribution >= 4 is 11.7 Å². The number of ketones is 1. The molecule has 2 N–H and O–H groups in total. The number of hydrogen-bond acceptors (Lipinski definition) is 3. The zero-order valence-electron chi connectivity index (χ0n) is 16.0. The van der Waals surface area contributed by atoms with Crippen LogP contribution in [-0.2, 0) is 9.59 Å². The summed E-state index contributed by atoms with van der Waals surface area (Å²) in [6, 6.07) is 4.13. The lowest BCUT2D eigenvalue weighted by Gasteiger charge is -2.20. The molecular weight excluding hydrogens is 326 g/mol. The van der Waals surface area contributed by atoms with E-state index < -0.39 is 12.0 Å². The number of rotatable bonds is 5. The SMILES string of the molecule is Cc1cc(C)c(C2C(=O)C(CC(=O)NC3(C4CC4)CC3)CC2O)c(C)c1. The van der Waals surface area contributed by atoms with E-state index in [1.807, 2.05) is 20.8 Å². The highest BCUT2D eigenvalue weighted by Crippen LogP contribution is 2.53. The van der Waals surface area contributed by atoms with Gasteiger partial charge in [0.1, 0.15) is 5.78 Å². The second-order valence-corrected chi connectivity index (χ2v) is 8.88. The van der Waals surface area contributed by atoms with E-state index in [-0.39, 0.29) is 29.6 Å². The number of carbonyl (C=O) groups is 2. The summed E-state index contributed by atoms with van der Waals surface area (Å²) in [5.74, 6) is -0.198. The second kappa shape index (κ2) is 6.19. The average molecular weight is 355 g/mol. The maximum atomic E-state index is 13.0. The molecule has 4 rings (SSSR count). The van der Waals surface area contributed by atoms with Gasteiger partial charge in [-0.3, -0.25) is 9.59 Å². The summed E-state index contributed by atoms with van der Waals surface area (Å²) in [5, 5.41) is 13.8. The van der Waals surface area contributed by atoms with E-state index >= 15 is 0 Å². The number of aliphatic hydroxyl groups is 1. The molecule has 1 amide bonds. The number of aryl methyl sites for hydroxylation is 3. The molecule has 3 atom stereocenters. The van der Waals surface area contributed by atoms with Gasteiger partial charge >= 0.3 is 0 Å². The number of carbonyl (C=O) groups excluding carboxylic acids is 2. The average Bonchev–Trinajstić information content (AvgIpc) is 3.41. The molecule has 3 aliphatic carbocycles. The van der Waals surface area contributed by atoms with E-state index in [0.29, 0.717) is 12.3 Å². The van der Waals surface area contributed by atoms with Crippen molar-refractivity contribution in [2.75, 3.05) is 0 Å². The molecule has 1 aromatic rings. The maximum absolute atomic E-state index is 13.0. The first-order valence-corrected chi connectivity index (χ1v) is 9.91. The van der Waals surface area contributed by atoms with Gasteiger partial charge in [-0.25, -0.2) is 0 Å². The van der Waals surface area contributed by atoms with Crippen LogP contribution in [0.15, 0.2) is 12.1 Å². The minimum atomic E-state index is -0.696. The topological polar surface area (TPSA) is 66.4 Å². The molecule has 0 bridgehead atoms. The van der Waals surface area contributed by atoms with Gasteiger partial charge in [-0.15, -0.1) is 0 Å². The maximum Gasteiger partial charge on any atom is 0.221 e. The predicted octanol–water partition coefficient (Wildman–Crippen LogP) is 3.09. The van der Waals surface area contributed by atoms with Crippen molar-refractivity contribution in [3.05, 3.63) is 34.4 Å². The van der Waals surface area contributed by atoms with Crippen LogP contribution in [0.25, 0.3) is 0 Å². The largest absolute Gasteiger partial charge is 0.392 e. The zero-order valence-corrected chi connectivity index (χ0v) is 16.0. The minimum Gasteiger partial charge on any atom is -0.392 e. The van der Waals surface area contributed by atoms with Crippen molar-refractivity contribution in [3.8, 4) is 0 Å². The molecule has 4 heteroatoms. The van der Waals surface area contributed by atoms with Gasteiger partial charge in [-0.1, -0.05) is 17.7 Å². The predicted molar refractivity (Wildman–Crippen MR) is 100.0 cm³/mol. The normalized spacial score (nSPS) is 29.7. The van der Waals surface area contributed by atoms with Crippen LogP contribution in [0.1, 0.15) is 66.7 Å². The van der Waals surface area contributed by atoms with Crippen molar-refractivity contribution < 1.29 is 14.7 Å². The Hall–Kier alpha value is -1.68. The molecule has 3 unspecified atom stereocenters. The lowest BCUT2D eigenvalue weighted by Crippen LogP contribution is -2.39. The van der Waals surface area contributed by atoms with Gasteiger partial charge in [0.25, 0.3) is 0 Å². The molecule has 0 heterocycles. The third-order valence-corrected chi connectivity index (χ3v) is 6.64. The molecule has 3 fully saturated rings. The highest BCUT2D eigenvalue weighted by molar-refractivity contribution is 5.94. The smallest absolute Gasteiger partial charge is 0.221 e. The van der Waals surface area contributed by atoms with E-state index in [0.717, 1.165) is 35.1 Å². The first kappa shape index (κ1) is 17.7. The molecule has 3 saturated carbocycles. The Morgan fingerprint density at radius 2 is 1.81 bits per heavy atom. The lowest BCUT2D eigenvalue weighted by atomic mass is 9.86. The van der Waals surface area contributed by atoms with E-state index in [2.05, 4.69) is 17.4 Å². The summed E-state index contributed by atoms with van der Waals surface area (Å²) < 4.78 is 0. The van der Waals surface area contributed by atoms with Crippen LogP contribution in [-0.4, -0.2) is 28.4 Å². The Morgan fingerprint density at radius 3 is 2.35 bits per heavy atom. The van der Waals surface area contributed by atoms with Crippen molar-refractivity contribution in [2.24, 2.45) is 11.8 Å². The molecule has 140 valence electrons. The quantitative estimate of drug-likeness (QED) is 0.853. The van der Waals surface area contributed by atoms with E-state index in [1.54, 1.807) is 0 Å². The zero-order chi connectivity index (χ0) is 18.6. The summed E-state index contributed by atoms with van der Waals surface area (Å²) in [7, 11) is 0. The Balaban J connectivity index is 1.47. The first-order chi connectivity index (χ1) is 12.3. The Kier molecular flexibility index (Phi) is 4.22. The summed E-state index contributed by atoms with van der Waals surface area (Å²) in [5.41, 5.74) is 4.26. The van der Waals surface area contributed by atoms with Crippen LogP contribution in [0, 0.1) is 32.6 Å². The molecule has 1 aromatic carbocycles. The number of nitrogens with one attached hydrogen (secondary N) is 1. The Morgan fingerprint density at radius 1 is 1.19 bits per heavy atom. The van der Waals surface area contributed by atoms with Gasteiger partial charge in [0.05, 0.1) is 12.0 Å². The fraction of sp³-hybridized carbons (Fsp3) is 0.636. The van der Waals surface area contributed by atoms with Gasteiger partial charge in [-0.2, -0.15) is 0 Å². The molecule has 0 spiro atoms. The fourth-order valence-corrected chi connectivity index (χ4v) is 5.15. The van der Waals surface area contributed by atoms with Gasteiger partial charge in [0.2, 0.25) is 5.91 Å². The number of hydrogen-bond donors (Lipinski definition) is 2. The van der Waals surface area contributed by atoms with Crippen LogP contribution in [0.3, 0.4) is 0 Å². The summed E-state index contributed by atoms with van der Waals surface area (Å²) in [4.78, 5) is 25.5. The molecule has 26 heavy (non-hydrogen) atoms. The fourth-order valence-electron chi connectivity index (χ4n) is 5.15. The number of benzene rings is 1. The molecule has 3 aliphatic rings. The number of Topliss-reactive ketones (excluding diaryl/α,β-unsaturated/α-hetero) is 1. The first-order valence-electron chi connectivity index (χ1n) is 9.91. The van der Waals surface area contributed by atoms with Crippen molar-refractivity contribution in [1.82, 2.24) is 5.32 Å². The Bertz CT molecular complexity index is 738. The highest BCUT2D eigenvalue weighted by Gasteiger charge is 2.55. The third-order valence-electron chi connectivity index (χ3n) is 6.64. The summed E-state index contributed by atoms with van der Waals surface area (Å²) >= 11 is 0. The van der Waals surface area contributed by atoms with Crippen molar-refractivity contribution in [3.63, 3.8) is 0 Å². The minimum absolute atomic E-state index is 0.0158. The van der Waals surface area contributed by atoms with E-state index in [1.165, 1.54) is 12.8 Å². The highest BCUT2D eigenvalue weighted by atomic mass is 16.3. The lowest BCUT2D eigenvalue weighted by molar-refractivity contribution is -0.128. The second-order valence-electron chi connectivity index (χ2n) is 8.88. The standard InChI is InChI=1S/C22H29NO3/c1-12-8-13(2)19(14(3)9-12)20-17(24)10-15(21(20)26)11-18(25)23-22(6-7-22)16-4-5-16/h8-9,15-17,20,24H,4-7,10-11H2,1-3H3,(H,23,25). The molecule has 4 nitrogen and oxygen atoms in total. The van der Waals surface area contributed by atoms with Crippen LogP contribution in [0.2, 0.25) is 0 Å². The van der Waals surface area contributed by atoms with Gasteiger partial charge in [-0.05, 0) is 75.5 Å². The monoisotopic (exact) mass is 355 g/mol. The molecule has 0 aromatic heterocycles. The summed E-state index contributed by atoms with van der Waals surface area (Å²) in [6.45, 7) is 6.04. The van der Waals surface area contributed by atoms with Crippen LogP contribution in [0.4, 0.5) is 0 Å². The Labute approximate surface area is 155 Å². The van der Waals surface area contributed by atoms with Crippen molar-refractivity contribution in [2.45, 2.75) is 76.9 Å². The van der Waals surface area contributed by atoms with Gasteiger partial charge in [0, 0.05) is 17.9 Å². The van der Waals surface area contributed by atoms with E-state index in [9.17, 15) is 14.7 Å². The molecule has 0 radical (unpaired) electrons. The molecule has 0 saturated heterocycles. The summed E-state index contributed by atoms with van der Waals surface area (Å²) in [6.07, 6.45) is 4.50. The van der Waals surface area contributed by atoms with Crippen LogP contribution >= 0.6 is 0 Å². The number of aliphatic hydroxyl groups excluding tert-OH is 1. The van der Waals surface area contributed by atoms with E-state index in [4.69, 9.17) is 0 Å². The van der Waals surface area contributed by atoms with Crippen LogP contribution < -0.4 is 5.32 Å². The van der Waals surface area contributed by atoms with Crippen LogP contribution in [0.5, 0.6) is 0 Å². The third kappa shape index (κ3) is 3.09. The molecule has 0 aliphatic heterocycles. The van der Waals surface area contributed by atoms with Crippen molar-refractivity contribution in [1.29, 1.82) is 0 Å². The number of amides is 1.